The second-order valence-corrected chi connectivity index (χ2v) is 12.6. The Balaban J connectivity index is 1.12. The van der Waals surface area contributed by atoms with E-state index in [1.54, 1.807) is 0 Å². The van der Waals surface area contributed by atoms with Crippen molar-refractivity contribution in [2.45, 2.75) is 0 Å². The van der Waals surface area contributed by atoms with Gasteiger partial charge in [0.1, 0.15) is 11.2 Å². The van der Waals surface area contributed by atoms with Crippen LogP contribution in [-0.2, 0) is 0 Å². The van der Waals surface area contributed by atoms with Crippen molar-refractivity contribution in [2.24, 2.45) is 0 Å². The first kappa shape index (κ1) is 29.0. The lowest BCUT2D eigenvalue weighted by molar-refractivity contribution is 0.669. The zero-order valence-corrected chi connectivity index (χ0v) is 27.4. The highest BCUT2D eigenvalue weighted by atomic mass is 16.3. The quantitative estimate of drug-likeness (QED) is 0.185. The number of hydrogen-bond acceptors (Lipinski definition) is 5. The van der Waals surface area contributed by atoms with Crippen LogP contribution in [0.4, 0.5) is 0 Å². The number of hydrogen-bond donors (Lipinski definition) is 0. The monoisotopic (exact) mass is 652 g/mol. The third-order valence-electron chi connectivity index (χ3n) is 9.47. The molecule has 0 radical (unpaired) electrons. The SMILES string of the molecule is c1ccc(-c2nc3ccccc3nc2-c2cccc(-c3nc4ccccc4nc3-c3ccc(-c4cccc5oc6ccccc6c45)cc3)c2)cc1. The van der Waals surface area contributed by atoms with Crippen LogP contribution in [0.2, 0.25) is 0 Å². The number of para-hydroxylation sites is 5. The summed E-state index contributed by atoms with van der Waals surface area (Å²) < 4.78 is 6.18. The van der Waals surface area contributed by atoms with Crippen LogP contribution in [0.3, 0.4) is 0 Å². The molecule has 0 fully saturated rings. The van der Waals surface area contributed by atoms with E-state index in [0.717, 1.165) is 100 Å². The standard InChI is InChI=1S/C46H28N4O/c1-2-12-30(13-3-1)43-45(49-38-20-7-5-18-36(38)47-43)32-14-10-15-33(28-32)46-44(48-37-19-6-8-21-39(37)50-46)31-26-24-29(25-27-31)34-17-11-23-41-42(34)35-16-4-9-22-40(35)51-41/h1-28H. The molecule has 10 rings (SSSR count). The van der Waals surface area contributed by atoms with Crippen LogP contribution in [0.25, 0.3) is 100 Å². The van der Waals surface area contributed by atoms with E-state index in [4.69, 9.17) is 24.4 Å². The minimum Gasteiger partial charge on any atom is -0.456 e. The van der Waals surface area contributed by atoms with E-state index < -0.39 is 0 Å². The molecule has 0 aliphatic carbocycles. The molecule has 0 atom stereocenters. The second kappa shape index (κ2) is 11.9. The van der Waals surface area contributed by atoms with Gasteiger partial charge in [0.05, 0.1) is 44.8 Å². The molecule has 0 saturated carbocycles. The van der Waals surface area contributed by atoms with Gasteiger partial charge >= 0.3 is 0 Å². The Morgan fingerprint density at radius 1 is 0.314 bits per heavy atom. The number of fused-ring (bicyclic) bond motifs is 5. The maximum atomic E-state index is 6.18. The highest BCUT2D eigenvalue weighted by Gasteiger charge is 2.18. The van der Waals surface area contributed by atoms with Gasteiger partial charge in [-0.3, -0.25) is 0 Å². The minimum absolute atomic E-state index is 0.807. The lowest BCUT2D eigenvalue weighted by atomic mass is 9.96. The predicted molar refractivity (Wildman–Crippen MR) is 207 cm³/mol. The van der Waals surface area contributed by atoms with Gasteiger partial charge in [-0.05, 0) is 53.6 Å². The average molecular weight is 653 g/mol. The van der Waals surface area contributed by atoms with Crippen molar-refractivity contribution >= 4 is 44.0 Å². The summed E-state index contributed by atoms with van der Waals surface area (Å²) in [5.41, 5.74) is 14.6. The number of furan rings is 1. The predicted octanol–water partition coefficient (Wildman–Crippen LogP) is 11.8. The molecule has 5 nitrogen and oxygen atoms in total. The Kier molecular flexibility index (Phi) is 6.74. The van der Waals surface area contributed by atoms with Crippen LogP contribution in [0, 0.1) is 0 Å². The molecule has 0 aliphatic heterocycles. The molecule has 3 heterocycles. The van der Waals surface area contributed by atoms with E-state index in [0.29, 0.717) is 0 Å². The topological polar surface area (TPSA) is 64.7 Å². The largest absolute Gasteiger partial charge is 0.456 e. The maximum absolute atomic E-state index is 6.18. The Labute approximate surface area is 293 Å². The Morgan fingerprint density at radius 2 is 0.745 bits per heavy atom. The third-order valence-corrected chi connectivity index (χ3v) is 9.47. The summed E-state index contributed by atoms with van der Waals surface area (Å²) in [6.45, 7) is 0. The first-order valence-electron chi connectivity index (χ1n) is 17.0. The molecule has 10 aromatic rings. The molecule has 238 valence electrons. The Bertz CT molecular complexity index is 2910. The van der Waals surface area contributed by atoms with Crippen molar-refractivity contribution in [3.05, 3.63) is 170 Å². The van der Waals surface area contributed by atoms with Crippen molar-refractivity contribution in [3.63, 3.8) is 0 Å². The van der Waals surface area contributed by atoms with Crippen molar-refractivity contribution in [2.75, 3.05) is 0 Å². The van der Waals surface area contributed by atoms with Crippen LogP contribution in [-0.4, -0.2) is 19.9 Å². The van der Waals surface area contributed by atoms with E-state index in [-0.39, 0.29) is 0 Å². The van der Waals surface area contributed by atoms with E-state index in [2.05, 4.69) is 84.9 Å². The molecule has 0 spiro atoms. The normalized spacial score (nSPS) is 11.5. The van der Waals surface area contributed by atoms with Gasteiger partial charge in [-0.2, -0.15) is 0 Å². The summed E-state index contributed by atoms with van der Waals surface area (Å²) in [7, 11) is 0. The molecule has 0 unspecified atom stereocenters. The average Bonchev–Trinajstić information content (AvgIpc) is 3.59. The van der Waals surface area contributed by atoms with Crippen LogP contribution in [0.1, 0.15) is 0 Å². The van der Waals surface area contributed by atoms with Gasteiger partial charge < -0.3 is 4.42 Å². The van der Waals surface area contributed by atoms with E-state index in [9.17, 15) is 0 Å². The van der Waals surface area contributed by atoms with Gasteiger partial charge in [0, 0.05) is 33.0 Å². The summed E-state index contributed by atoms with van der Waals surface area (Å²) >= 11 is 0. The van der Waals surface area contributed by atoms with Gasteiger partial charge in [-0.25, -0.2) is 19.9 Å². The molecule has 5 heteroatoms. The summed E-state index contributed by atoms with van der Waals surface area (Å²) in [5, 5.41) is 2.23. The molecular formula is C46H28N4O. The van der Waals surface area contributed by atoms with Crippen molar-refractivity contribution in [1.82, 2.24) is 19.9 Å². The van der Waals surface area contributed by atoms with E-state index in [1.165, 1.54) is 0 Å². The molecule has 51 heavy (non-hydrogen) atoms. The molecule has 0 saturated heterocycles. The summed E-state index contributed by atoms with van der Waals surface area (Å²) in [6, 6.07) is 57.8. The van der Waals surface area contributed by atoms with Crippen LogP contribution >= 0.6 is 0 Å². The molecule has 0 amide bonds. The highest BCUT2D eigenvalue weighted by Crippen LogP contribution is 2.39. The highest BCUT2D eigenvalue weighted by molar-refractivity contribution is 6.12. The van der Waals surface area contributed by atoms with Crippen molar-refractivity contribution in [1.29, 1.82) is 0 Å². The molecule has 7 aromatic carbocycles. The van der Waals surface area contributed by atoms with Gasteiger partial charge in [0.25, 0.3) is 0 Å². The Morgan fingerprint density at radius 3 is 1.35 bits per heavy atom. The number of nitrogens with zero attached hydrogens (tertiary/aromatic N) is 4. The molecule has 0 bridgehead atoms. The maximum Gasteiger partial charge on any atom is 0.136 e. The number of aromatic nitrogens is 4. The van der Waals surface area contributed by atoms with Crippen LogP contribution < -0.4 is 0 Å². The fourth-order valence-electron chi connectivity index (χ4n) is 7.04. The second-order valence-electron chi connectivity index (χ2n) is 12.6. The van der Waals surface area contributed by atoms with Gasteiger partial charge in [0.15, 0.2) is 0 Å². The zero-order chi connectivity index (χ0) is 33.7. The lowest BCUT2D eigenvalue weighted by Crippen LogP contribution is -1.97. The first-order chi connectivity index (χ1) is 25.3. The summed E-state index contributed by atoms with van der Waals surface area (Å²) in [5.74, 6) is 0. The van der Waals surface area contributed by atoms with Crippen LogP contribution in [0.15, 0.2) is 174 Å². The zero-order valence-electron chi connectivity index (χ0n) is 27.4. The molecule has 0 aliphatic rings. The number of rotatable bonds is 5. The lowest BCUT2D eigenvalue weighted by Gasteiger charge is -2.14. The smallest absolute Gasteiger partial charge is 0.136 e. The van der Waals surface area contributed by atoms with Crippen molar-refractivity contribution < 1.29 is 4.42 Å². The molecule has 3 aromatic heterocycles. The minimum atomic E-state index is 0.807. The Hall–Kier alpha value is -6.98. The first-order valence-corrected chi connectivity index (χ1v) is 17.0. The molecular weight excluding hydrogens is 625 g/mol. The van der Waals surface area contributed by atoms with E-state index in [1.807, 2.05) is 84.9 Å². The van der Waals surface area contributed by atoms with E-state index >= 15 is 0 Å². The summed E-state index contributed by atoms with van der Waals surface area (Å²) in [4.78, 5) is 20.7. The summed E-state index contributed by atoms with van der Waals surface area (Å²) in [6.07, 6.45) is 0. The van der Waals surface area contributed by atoms with Gasteiger partial charge in [-0.15, -0.1) is 0 Å². The van der Waals surface area contributed by atoms with Gasteiger partial charge in [0.2, 0.25) is 0 Å². The fraction of sp³-hybridized carbons (Fsp3) is 0. The number of benzene rings is 7. The van der Waals surface area contributed by atoms with Crippen molar-refractivity contribution in [3.8, 4) is 56.2 Å². The van der Waals surface area contributed by atoms with Crippen LogP contribution in [0.5, 0.6) is 0 Å². The third kappa shape index (κ3) is 5.03. The van der Waals surface area contributed by atoms with Gasteiger partial charge in [-0.1, -0.05) is 127 Å². The fourth-order valence-corrected chi connectivity index (χ4v) is 7.04. The molecule has 0 N–H and O–H groups in total.